The number of carbonyl (C=O) groups is 1. The summed E-state index contributed by atoms with van der Waals surface area (Å²) in [6.07, 6.45) is 5.00. The Balaban J connectivity index is 1.55. The number of aromatic hydroxyl groups is 1. The minimum absolute atomic E-state index is 0.0783. The molecule has 0 atom stereocenters. The first kappa shape index (κ1) is 17.7. The van der Waals surface area contributed by atoms with Crippen LogP contribution in [0.4, 0.5) is 5.69 Å². The van der Waals surface area contributed by atoms with E-state index in [-0.39, 0.29) is 11.4 Å². The Morgan fingerprint density at radius 2 is 2.08 bits per heavy atom. The smallest absolute Gasteiger partial charge is 0.172 e. The van der Waals surface area contributed by atoms with E-state index < -0.39 is 0 Å². The molecule has 0 aliphatic heterocycles. The molecule has 0 saturated heterocycles. The van der Waals surface area contributed by atoms with Crippen LogP contribution in [0.3, 0.4) is 0 Å². The average Bonchev–Trinajstić information content (AvgIpc) is 2.68. The third kappa shape index (κ3) is 4.08. The van der Waals surface area contributed by atoms with E-state index in [1.165, 1.54) is 6.07 Å². The summed E-state index contributed by atoms with van der Waals surface area (Å²) in [5.74, 6) is 0.725. The van der Waals surface area contributed by atoms with Gasteiger partial charge in [-0.1, -0.05) is 0 Å². The molecule has 3 aromatic rings. The van der Waals surface area contributed by atoms with Crippen LogP contribution in [0.1, 0.15) is 29.0 Å². The van der Waals surface area contributed by atoms with Crippen LogP contribution in [0.5, 0.6) is 11.5 Å². The second-order valence-corrected chi connectivity index (χ2v) is 5.95. The van der Waals surface area contributed by atoms with E-state index in [0.717, 1.165) is 53.8 Å². The molecule has 134 valence electrons. The first-order valence-electron chi connectivity index (χ1n) is 8.52. The van der Waals surface area contributed by atoms with Crippen molar-refractivity contribution in [3.05, 3.63) is 54.0 Å². The van der Waals surface area contributed by atoms with Crippen molar-refractivity contribution in [2.75, 3.05) is 19.0 Å². The summed E-state index contributed by atoms with van der Waals surface area (Å²) >= 11 is 0. The molecular formula is C20H21N3O3. The molecule has 0 radical (unpaired) electrons. The van der Waals surface area contributed by atoms with Crippen LogP contribution in [0.15, 0.2) is 42.6 Å². The van der Waals surface area contributed by atoms with E-state index >= 15 is 0 Å². The minimum atomic E-state index is -0.0783. The van der Waals surface area contributed by atoms with Crippen molar-refractivity contribution in [2.24, 2.45) is 0 Å². The second kappa shape index (κ2) is 8.29. The van der Waals surface area contributed by atoms with Gasteiger partial charge in [-0.2, -0.15) is 0 Å². The number of carbonyl (C=O) groups excluding carboxylic acids is 1. The lowest BCUT2D eigenvalue weighted by molar-refractivity contribution is 0.111. The van der Waals surface area contributed by atoms with Gasteiger partial charge in [-0.25, -0.2) is 4.98 Å². The van der Waals surface area contributed by atoms with E-state index in [1.807, 2.05) is 24.3 Å². The summed E-state index contributed by atoms with van der Waals surface area (Å²) in [7, 11) is 1.65. The minimum Gasteiger partial charge on any atom is -0.506 e. The maximum atomic E-state index is 10.8. The zero-order valence-electron chi connectivity index (χ0n) is 14.6. The number of methoxy groups -OCH3 is 1. The Hall–Kier alpha value is -3.15. The average molecular weight is 351 g/mol. The van der Waals surface area contributed by atoms with Crippen molar-refractivity contribution < 1.29 is 14.6 Å². The Kier molecular flexibility index (Phi) is 5.63. The van der Waals surface area contributed by atoms with Gasteiger partial charge in [-0.05, 0) is 55.7 Å². The van der Waals surface area contributed by atoms with Crippen molar-refractivity contribution in [3.63, 3.8) is 0 Å². The molecule has 2 N–H and O–H groups in total. The summed E-state index contributed by atoms with van der Waals surface area (Å²) in [4.78, 5) is 19.3. The number of hydrogen-bond donors (Lipinski definition) is 2. The van der Waals surface area contributed by atoms with Gasteiger partial charge in [-0.15, -0.1) is 0 Å². The number of aldehydes is 1. The highest BCUT2D eigenvalue weighted by Crippen LogP contribution is 2.26. The fraction of sp³-hybridized carbons (Fsp3) is 0.250. The third-order valence-electron chi connectivity index (χ3n) is 4.20. The molecular weight excluding hydrogens is 330 g/mol. The molecule has 0 saturated carbocycles. The molecule has 26 heavy (non-hydrogen) atoms. The molecule has 0 amide bonds. The largest absolute Gasteiger partial charge is 0.506 e. The summed E-state index contributed by atoms with van der Waals surface area (Å²) in [6, 6.07) is 11.0. The molecule has 0 aliphatic carbocycles. The maximum Gasteiger partial charge on any atom is 0.172 e. The molecule has 6 heteroatoms. The molecule has 0 aliphatic rings. The zero-order chi connectivity index (χ0) is 18.4. The van der Waals surface area contributed by atoms with Gasteiger partial charge >= 0.3 is 0 Å². The molecule has 3 rings (SSSR count). The topological polar surface area (TPSA) is 84.3 Å². The molecule has 2 heterocycles. The van der Waals surface area contributed by atoms with Crippen molar-refractivity contribution in [1.29, 1.82) is 0 Å². The predicted octanol–water partition coefficient (Wildman–Crippen LogP) is 3.59. The van der Waals surface area contributed by atoms with Crippen LogP contribution in [0, 0.1) is 0 Å². The zero-order valence-corrected chi connectivity index (χ0v) is 14.6. The highest BCUT2D eigenvalue weighted by Gasteiger charge is 2.05. The number of fused-ring (bicyclic) bond motifs is 1. The summed E-state index contributed by atoms with van der Waals surface area (Å²) in [6.45, 7) is 0.814. The fourth-order valence-corrected chi connectivity index (χ4v) is 2.80. The number of rotatable bonds is 8. The number of hydrogen-bond acceptors (Lipinski definition) is 6. The summed E-state index contributed by atoms with van der Waals surface area (Å²) in [5, 5.41) is 14.0. The predicted molar refractivity (Wildman–Crippen MR) is 101 cm³/mol. The van der Waals surface area contributed by atoms with Crippen LogP contribution >= 0.6 is 0 Å². The van der Waals surface area contributed by atoms with Crippen molar-refractivity contribution in [1.82, 2.24) is 9.97 Å². The quantitative estimate of drug-likeness (QED) is 0.476. The van der Waals surface area contributed by atoms with E-state index in [2.05, 4.69) is 15.3 Å². The van der Waals surface area contributed by atoms with Gasteiger partial charge in [0, 0.05) is 29.5 Å². The number of aryl methyl sites for hydroxylation is 1. The van der Waals surface area contributed by atoms with E-state index in [9.17, 15) is 9.90 Å². The van der Waals surface area contributed by atoms with Gasteiger partial charge in [0.1, 0.15) is 17.2 Å². The Morgan fingerprint density at radius 3 is 2.88 bits per heavy atom. The molecule has 2 aromatic heterocycles. The number of benzene rings is 1. The summed E-state index contributed by atoms with van der Waals surface area (Å²) < 4.78 is 5.29. The fourth-order valence-electron chi connectivity index (χ4n) is 2.80. The summed E-state index contributed by atoms with van der Waals surface area (Å²) in [5.41, 5.74) is 2.85. The monoisotopic (exact) mass is 351 g/mol. The van der Waals surface area contributed by atoms with E-state index in [1.54, 1.807) is 19.4 Å². The van der Waals surface area contributed by atoms with Crippen molar-refractivity contribution in [2.45, 2.75) is 19.3 Å². The molecule has 0 bridgehead atoms. The standard InChI is InChI=1S/C20H21N3O3/c1-26-15-6-7-17-16(12-15)18(9-11-22-17)21-10-3-2-4-14-5-8-20(25)19(13-24)23-14/h5-9,11-13,25H,2-4,10H2,1H3,(H,21,22). The second-order valence-electron chi connectivity index (χ2n) is 5.95. The number of pyridine rings is 2. The molecule has 6 nitrogen and oxygen atoms in total. The van der Waals surface area contributed by atoms with Crippen LogP contribution in [0.2, 0.25) is 0 Å². The van der Waals surface area contributed by atoms with Crippen LogP contribution < -0.4 is 10.1 Å². The molecule has 0 unspecified atom stereocenters. The highest BCUT2D eigenvalue weighted by atomic mass is 16.5. The van der Waals surface area contributed by atoms with Gasteiger partial charge in [0.05, 0.1) is 12.6 Å². The lowest BCUT2D eigenvalue weighted by Crippen LogP contribution is -2.03. The van der Waals surface area contributed by atoms with Gasteiger partial charge in [-0.3, -0.25) is 9.78 Å². The first-order valence-corrected chi connectivity index (χ1v) is 8.52. The Morgan fingerprint density at radius 1 is 1.19 bits per heavy atom. The lowest BCUT2D eigenvalue weighted by atomic mass is 10.1. The van der Waals surface area contributed by atoms with Crippen LogP contribution in [-0.4, -0.2) is 35.0 Å². The molecule has 0 fully saturated rings. The van der Waals surface area contributed by atoms with E-state index in [0.29, 0.717) is 6.29 Å². The highest BCUT2D eigenvalue weighted by molar-refractivity contribution is 5.92. The number of nitrogens with one attached hydrogen (secondary N) is 1. The maximum absolute atomic E-state index is 10.8. The number of nitrogens with zero attached hydrogens (tertiary/aromatic N) is 2. The van der Waals surface area contributed by atoms with Gasteiger partial charge in [0.15, 0.2) is 6.29 Å². The van der Waals surface area contributed by atoms with Gasteiger partial charge in [0.2, 0.25) is 0 Å². The number of unbranched alkanes of at least 4 members (excludes halogenated alkanes) is 1. The molecule has 0 spiro atoms. The van der Waals surface area contributed by atoms with Gasteiger partial charge in [0.25, 0.3) is 0 Å². The Bertz CT molecular complexity index is 912. The van der Waals surface area contributed by atoms with E-state index in [4.69, 9.17) is 4.74 Å². The van der Waals surface area contributed by atoms with Gasteiger partial charge < -0.3 is 15.2 Å². The number of aromatic nitrogens is 2. The van der Waals surface area contributed by atoms with Crippen molar-refractivity contribution in [3.8, 4) is 11.5 Å². The Labute approximate surface area is 151 Å². The van der Waals surface area contributed by atoms with Crippen molar-refractivity contribution >= 4 is 22.9 Å². The normalized spacial score (nSPS) is 10.7. The third-order valence-corrected chi connectivity index (χ3v) is 4.20. The number of ether oxygens (including phenoxy) is 1. The van der Waals surface area contributed by atoms with Crippen LogP contribution in [0.25, 0.3) is 10.9 Å². The molecule has 1 aromatic carbocycles. The van der Waals surface area contributed by atoms with Crippen LogP contribution in [-0.2, 0) is 6.42 Å². The number of anilines is 1. The first-order chi connectivity index (χ1) is 12.7. The SMILES string of the molecule is COc1ccc2nccc(NCCCCc3ccc(O)c(C=O)n3)c2c1. The lowest BCUT2D eigenvalue weighted by Gasteiger charge is -2.10.